The molecule has 0 bridgehead atoms. The lowest BCUT2D eigenvalue weighted by Gasteiger charge is -2.18. The van der Waals surface area contributed by atoms with Gasteiger partial charge < -0.3 is 10.1 Å². The van der Waals surface area contributed by atoms with Gasteiger partial charge in [-0.3, -0.25) is 0 Å². The standard InChI is InChI=1S/C18H29NO/c1-3-4-5-7-16(14-19-17-10-11-17)12-15-8-6-9-18(13-15)20-2/h6,8-9,13,16-17,19H,3-5,7,10-12,14H2,1-2H3. The van der Waals surface area contributed by atoms with Crippen molar-refractivity contribution in [3.05, 3.63) is 29.8 Å². The Morgan fingerprint density at radius 2 is 2.15 bits per heavy atom. The molecule has 1 N–H and O–H groups in total. The van der Waals surface area contributed by atoms with Crippen molar-refractivity contribution in [1.82, 2.24) is 5.32 Å². The number of hydrogen-bond donors (Lipinski definition) is 1. The maximum Gasteiger partial charge on any atom is 0.119 e. The summed E-state index contributed by atoms with van der Waals surface area (Å²) in [6, 6.07) is 9.36. The lowest BCUT2D eigenvalue weighted by Crippen LogP contribution is -2.26. The molecule has 0 aliphatic heterocycles. The Morgan fingerprint density at radius 1 is 1.30 bits per heavy atom. The van der Waals surface area contributed by atoms with E-state index in [9.17, 15) is 0 Å². The quantitative estimate of drug-likeness (QED) is 0.647. The molecule has 2 nitrogen and oxygen atoms in total. The molecule has 2 heteroatoms. The highest BCUT2D eigenvalue weighted by atomic mass is 16.5. The monoisotopic (exact) mass is 275 g/mol. The van der Waals surface area contributed by atoms with E-state index in [4.69, 9.17) is 4.74 Å². The van der Waals surface area contributed by atoms with Crippen molar-refractivity contribution in [3.63, 3.8) is 0 Å². The highest BCUT2D eigenvalue weighted by Gasteiger charge is 2.21. The Morgan fingerprint density at radius 3 is 2.85 bits per heavy atom. The third kappa shape index (κ3) is 5.54. The summed E-state index contributed by atoms with van der Waals surface area (Å²) in [5.41, 5.74) is 1.41. The first-order chi connectivity index (χ1) is 9.81. The molecule has 1 aliphatic rings. The number of nitrogens with one attached hydrogen (secondary N) is 1. The molecule has 112 valence electrons. The lowest BCUT2D eigenvalue weighted by atomic mass is 9.93. The van der Waals surface area contributed by atoms with Crippen LogP contribution >= 0.6 is 0 Å². The number of ether oxygens (including phenoxy) is 1. The van der Waals surface area contributed by atoms with Crippen LogP contribution in [-0.2, 0) is 6.42 Å². The van der Waals surface area contributed by atoms with Crippen molar-refractivity contribution in [2.24, 2.45) is 5.92 Å². The molecule has 0 aromatic heterocycles. The summed E-state index contributed by atoms with van der Waals surface area (Å²) in [6.45, 7) is 3.45. The van der Waals surface area contributed by atoms with E-state index in [1.54, 1.807) is 7.11 Å². The summed E-state index contributed by atoms with van der Waals surface area (Å²) in [4.78, 5) is 0. The van der Waals surface area contributed by atoms with E-state index in [0.29, 0.717) is 0 Å². The summed E-state index contributed by atoms with van der Waals surface area (Å²) < 4.78 is 5.33. The summed E-state index contributed by atoms with van der Waals surface area (Å²) in [5.74, 6) is 1.74. The van der Waals surface area contributed by atoms with E-state index in [2.05, 4.69) is 30.4 Å². The van der Waals surface area contributed by atoms with Crippen LogP contribution in [0.5, 0.6) is 5.75 Å². The van der Waals surface area contributed by atoms with Gasteiger partial charge in [-0.1, -0.05) is 38.3 Å². The van der Waals surface area contributed by atoms with E-state index in [1.807, 2.05) is 6.07 Å². The van der Waals surface area contributed by atoms with E-state index < -0.39 is 0 Å². The van der Waals surface area contributed by atoms with Gasteiger partial charge in [0.05, 0.1) is 7.11 Å². The van der Waals surface area contributed by atoms with Crippen molar-refractivity contribution in [2.75, 3.05) is 13.7 Å². The highest BCUT2D eigenvalue weighted by molar-refractivity contribution is 5.28. The van der Waals surface area contributed by atoms with Crippen LogP contribution in [-0.4, -0.2) is 19.7 Å². The second-order valence-corrected chi connectivity index (χ2v) is 6.10. The molecule has 0 heterocycles. The summed E-state index contributed by atoms with van der Waals surface area (Å²) in [6.07, 6.45) is 9.28. The third-order valence-corrected chi connectivity index (χ3v) is 4.15. The first-order valence-corrected chi connectivity index (χ1v) is 8.18. The molecule has 1 unspecified atom stereocenters. The number of rotatable bonds is 10. The van der Waals surface area contributed by atoms with Gasteiger partial charge in [0.25, 0.3) is 0 Å². The van der Waals surface area contributed by atoms with Gasteiger partial charge in [-0.05, 0) is 55.8 Å². The predicted octanol–water partition coefficient (Wildman–Crippen LogP) is 4.19. The fourth-order valence-electron chi connectivity index (χ4n) is 2.71. The molecule has 1 aliphatic carbocycles. The minimum Gasteiger partial charge on any atom is -0.497 e. The highest BCUT2D eigenvalue weighted by Crippen LogP contribution is 2.22. The molecule has 0 amide bonds. The normalized spacial score (nSPS) is 16.1. The van der Waals surface area contributed by atoms with Crippen molar-refractivity contribution >= 4 is 0 Å². The Balaban J connectivity index is 1.85. The zero-order valence-electron chi connectivity index (χ0n) is 13.0. The number of methoxy groups -OCH3 is 1. The van der Waals surface area contributed by atoms with E-state index in [0.717, 1.165) is 17.7 Å². The maximum atomic E-state index is 5.33. The second-order valence-electron chi connectivity index (χ2n) is 6.10. The molecular weight excluding hydrogens is 246 g/mol. The minimum atomic E-state index is 0.759. The molecule has 0 spiro atoms. The zero-order valence-corrected chi connectivity index (χ0v) is 13.0. The molecule has 2 rings (SSSR count). The van der Waals surface area contributed by atoms with E-state index in [-0.39, 0.29) is 0 Å². The largest absolute Gasteiger partial charge is 0.497 e. The molecule has 1 saturated carbocycles. The van der Waals surface area contributed by atoms with Gasteiger partial charge >= 0.3 is 0 Å². The second kappa shape index (κ2) is 8.31. The third-order valence-electron chi connectivity index (χ3n) is 4.15. The van der Waals surface area contributed by atoms with Gasteiger partial charge in [0, 0.05) is 6.04 Å². The van der Waals surface area contributed by atoms with E-state index >= 15 is 0 Å². The first-order valence-electron chi connectivity index (χ1n) is 8.18. The molecule has 1 fully saturated rings. The van der Waals surface area contributed by atoms with Gasteiger partial charge in [0.15, 0.2) is 0 Å². The topological polar surface area (TPSA) is 21.3 Å². The SMILES string of the molecule is CCCCCC(CNC1CC1)Cc1cccc(OC)c1. The van der Waals surface area contributed by atoms with Crippen LogP contribution in [0.3, 0.4) is 0 Å². The number of unbranched alkanes of at least 4 members (excludes halogenated alkanes) is 2. The van der Waals surface area contributed by atoms with Crippen LogP contribution in [0.15, 0.2) is 24.3 Å². The van der Waals surface area contributed by atoms with Crippen LogP contribution in [0.1, 0.15) is 51.0 Å². The molecular formula is C18H29NO. The zero-order chi connectivity index (χ0) is 14.2. The summed E-state index contributed by atoms with van der Waals surface area (Å²) in [5, 5.41) is 3.70. The minimum absolute atomic E-state index is 0.759. The smallest absolute Gasteiger partial charge is 0.119 e. The average Bonchev–Trinajstić information content (AvgIpc) is 3.29. The Labute approximate surface area is 123 Å². The fourth-order valence-corrected chi connectivity index (χ4v) is 2.71. The predicted molar refractivity (Wildman–Crippen MR) is 85.4 cm³/mol. The molecule has 1 aromatic rings. The summed E-state index contributed by atoms with van der Waals surface area (Å²) in [7, 11) is 1.74. The van der Waals surface area contributed by atoms with Crippen molar-refractivity contribution in [1.29, 1.82) is 0 Å². The average molecular weight is 275 g/mol. The van der Waals surface area contributed by atoms with Crippen molar-refractivity contribution < 1.29 is 4.74 Å². The van der Waals surface area contributed by atoms with E-state index in [1.165, 1.54) is 57.1 Å². The van der Waals surface area contributed by atoms with Gasteiger partial charge in [-0.15, -0.1) is 0 Å². The van der Waals surface area contributed by atoms with Crippen molar-refractivity contribution in [3.8, 4) is 5.75 Å². The molecule has 0 radical (unpaired) electrons. The molecule has 1 atom stereocenters. The van der Waals surface area contributed by atoms with Crippen molar-refractivity contribution in [2.45, 2.75) is 57.9 Å². The first kappa shape index (κ1) is 15.4. The van der Waals surface area contributed by atoms with Crippen LogP contribution in [0.4, 0.5) is 0 Å². The van der Waals surface area contributed by atoms with Gasteiger partial charge in [-0.25, -0.2) is 0 Å². The summed E-state index contributed by atoms with van der Waals surface area (Å²) >= 11 is 0. The Hall–Kier alpha value is -1.02. The molecule has 20 heavy (non-hydrogen) atoms. The number of benzene rings is 1. The van der Waals surface area contributed by atoms with Crippen LogP contribution in [0.25, 0.3) is 0 Å². The van der Waals surface area contributed by atoms with Gasteiger partial charge in [0.1, 0.15) is 5.75 Å². The number of hydrogen-bond acceptors (Lipinski definition) is 2. The molecule has 1 aromatic carbocycles. The van der Waals surface area contributed by atoms with Crippen LogP contribution in [0.2, 0.25) is 0 Å². The maximum absolute atomic E-state index is 5.33. The van der Waals surface area contributed by atoms with Crippen LogP contribution in [0, 0.1) is 5.92 Å². The van der Waals surface area contributed by atoms with Gasteiger partial charge in [-0.2, -0.15) is 0 Å². The molecule has 0 saturated heterocycles. The fraction of sp³-hybridized carbons (Fsp3) is 0.667. The Bertz CT molecular complexity index is 387. The van der Waals surface area contributed by atoms with Crippen LogP contribution < -0.4 is 10.1 Å². The van der Waals surface area contributed by atoms with Gasteiger partial charge in [0.2, 0.25) is 0 Å². The Kier molecular flexibility index (Phi) is 6.38. The lowest BCUT2D eigenvalue weighted by molar-refractivity contribution is 0.409.